The smallest absolute Gasteiger partial charge is 0.407 e. The van der Waals surface area contributed by atoms with Crippen molar-refractivity contribution in [3.05, 3.63) is 65.5 Å². The number of likely N-dealkylation sites (tertiary alicyclic amines) is 1. The first-order valence-electron chi connectivity index (χ1n) is 14.7. The number of alkyl carbamates (subject to hydrolysis) is 1. The highest BCUT2D eigenvalue weighted by Gasteiger charge is 2.34. The number of amides is 1. The second-order valence-corrected chi connectivity index (χ2v) is 12.4. The second-order valence-electron chi connectivity index (χ2n) is 12.4. The van der Waals surface area contributed by atoms with E-state index >= 15 is 0 Å². The number of rotatable bonds is 7. The van der Waals surface area contributed by atoms with E-state index < -0.39 is 6.09 Å². The Kier molecular flexibility index (Phi) is 8.74. The molecule has 2 aliphatic rings. The molecule has 3 aromatic rings. The number of ether oxygens (including phenoxy) is 1. The van der Waals surface area contributed by atoms with Crippen molar-refractivity contribution in [2.24, 2.45) is 16.5 Å². The van der Waals surface area contributed by atoms with Crippen LogP contribution in [0.25, 0.3) is 11.0 Å². The van der Waals surface area contributed by atoms with Crippen LogP contribution in [-0.2, 0) is 17.9 Å². The Hall–Kier alpha value is -3.39. The molecule has 5 rings (SSSR count). The average Bonchev–Trinajstić information content (AvgIpc) is 3.28. The molecule has 1 amide bonds. The molecule has 0 radical (unpaired) electrons. The Balaban J connectivity index is 1.29. The summed E-state index contributed by atoms with van der Waals surface area (Å²) in [4.78, 5) is 20.0. The van der Waals surface area contributed by atoms with Gasteiger partial charge in [0.15, 0.2) is 0 Å². The molecule has 40 heavy (non-hydrogen) atoms. The molecule has 8 heteroatoms. The summed E-state index contributed by atoms with van der Waals surface area (Å²) in [6, 6.07) is 14.4. The highest BCUT2D eigenvalue weighted by atomic mass is 16.5. The summed E-state index contributed by atoms with van der Waals surface area (Å²) in [6.07, 6.45) is 10.0. The van der Waals surface area contributed by atoms with Crippen LogP contribution in [0.3, 0.4) is 0 Å². The molecule has 1 saturated heterocycles. The number of oxime groups is 1. The van der Waals surface area contributed by atoms with Crippen molar-refractivity contribution in [1.29, 1.82) is 0 Å². The molecular formula is C32H43N5O3. The van der Waals surface area contributed by atoms with Gasteiger partial charge in [-0.25, -0.2) is 9.78 Å². The van der Waals surface area contributed by atoms with E-state index in [1.807, 2.05) is 42.5 Å². The minimum Gasteiger partial charge on any atom is -0.445 e. The number of piperidine rings is 1. The normalized spacial score (nSPS) is 21.2. The standard InChI is InChI=1S/C32H43N5O3/c1-32(2,3)24-11-13-25(14-12-24)36-18-15-26(16-19-36)37-29(28(20-35-39)27-10-7-17-33-30(27)37)21-34-31(38)40-22-23-8-5-4-6-9-23/h4-10,17,20,24-26,39H,11-16,18-19,21-22H2,1-3H3,(H,34,38)/t24-,25+. The van der Waals surface area contributed by atoms with Gasteiger partial charge in [0.25, 0.3) is 0 Å². The van der Waals surface area contributed by atoms with Gasteiger partial charge in [0.1, 0.15) is 12.3 Å². The van der Waals surface area contributed by atoms with Crippen LogP contribution in [0, 0.1) is 11.3 Å². The van der Waals surface area contributed by atoms with E-state index in [0.29, 0.717) is 11.5 Å². The summed E-state index contributed by atoms with van der Waals surface area (Å²) in [7, 11) is 0. The summed E-state index contributed by atoms with van der Waals surface area (Å²) in [6.45, 7) is 9.70. The van der Waals surface area contributed by atoms with Gasteiger partial charge in [-0.2, -0.15) is 0 Å². The van der Waals surface area contributed by atoms with Crippen molar-refractivity contribution in [2.75, 3.05) is 13.1 Å². The van der Waals surface area contributed by atoms with Gasteiger partial charge in [-0.05, 0) is 67.6 Å². The molecule has 0 bridgehead atoms. The van der Waals surface area contributed by atoms with Crippen LogP contribution in [0.1, 0.15) is 82.2 Å². The fourth-order valence-corrected chi connectivity index (χ4v) is 6.73. The third kappa shape index (κ3) is 6.33. The quantitative estimate of drug-likeness (QED) is 0.201. The largest absolute Gasteiger partial charge is 0.445 e. The number of fused-ring (bicyclic) bond motifs is 1. The van der Waals surface area contributed by atoms with Crippen LogP contribution in [0.2, 0.25) is 0 Å². The maximum Gasteiger partial charge on any atom is 0.407 e. The lowest BCUT2D eigenvalue weighted by Gasteiger charge is -2.43. The van der Waals surface area contributed by atoms with Gasteiger partial charge in [-0.15, -0.1) is 0 Å². The number of carbonyl (C=O) groups excluding carboxylic acids is 1. The van der Waals surface area contributed by atoms with Gasteiger partial charge in [0.05, 0.1) is 12.8 Å². The number of hydrogen-bond acceptors (Lipinski definition) is 6. The van der Waals surface area contributed by atoms with Gasteiger partial charge in [0, 0.05) is 48.0 Å². The number of benzene rings is 1. The lowest BCUT2D eigenvalue weighted by Crippen LogP contribution is -2.44. The fourth-order valence-electron chi connectivity index (χ4n) is 6.73. The fraction of sp³-hybridized carbons (Fsp3) is 0.531. The van der Waals surface area contributed by atoms with Crippen molar-refractivity contribution in [2.45, 2.75) is 84.5 Å². The van der Waals surface area contributed by atoms with E-state index in [0.717, 1.165) is 59.7 Å². The Bertz CT molecular complexity index is 1300. The van der Waals surface area contributed by atoms with Crippen LogP contribution in [0.15, 0.2) is 53.8 Å². The highest BCUT2D eigenvalue weighted by Crippen LogP contribution is 2.40. The monoisotopic (exact) mass is 545 g/mol. The van der Waals surface area contributed by atoms with Gasteiger partial charge >= 0.3 is 6.09 Å². The molecule has 2 N–H and O–H groups in total. The Morgan fingerprint density at radius 3 is 2.45 bits per heavy atom. The zero-order chi connectivity index (χ0) is 28.1. The third-order valence-corrected chi connectivity index (χ3v) is 9.01. The summed E-state index contributed by atoms with van der Waals surface area (Å²) in [5, 5.41) is 16.7. The summed E-state index contributed by atoms with van der Waals surface area (Å²) in [5.74, 6) is 0.819. The van der Waals surface area contributed by atoms with Crippen LogP contribution in [-0.4, -0.2) is 51.1 Å². The number of hydrogen-bond donors (Lipinski definition) is 2. The molecule has 0 unspecified atom stereocenters. The van der Waals surface area contributed by atoms with Crippen molar-refractivity contribution >= 4 is 23.3 Å². The first-order valence-corrected chi connectivity index (χ1v) is 14.7. The molecule has 2 aromatic heterocycles. The molecule has 1 aliphatic carbocycles. The van der Waals surface area contributed by atoms with Crippen LogP contribution in [0.4, 0.5) is 4.79 Å². The van der Waals surface area contributed by atoms with Gasteiger partial charge in [-0.1, -0.05) is 56.3 Å². The van der Waals surface area contributed by atoms with Gasteiger partial charge in [0.2, 0.25) is 0 Å². The molecule has 2 fully saturated rings. The lowest BCUT2D eigenvalue weighted by molar-refractivity contribution is 0.0719. The SMILES string of the molecule is CC(C)(C)[C@H]1CC[C@@H](N2CCC(n3c(CNC(=O)OCc4ccccc4)c(C=NO)c4cccnc43)CC2)CC1. The van der Waals surface area contributed by atoms with Crippen LogP contribution >= 0.6 is 0 Å². The maximum atomic E-state index is 12.6. The minimum atomic E-state index is -0.485. The highest BCUT2D eigenvalue weighted by molar-refractivity contribution is 5.99. The Morgan fingerprint density at radius 2 is 1.77 bits per heavy atom. The number of carbonyl (C=O) groups is 1. The topological polar surface area (TPSA) is 92.0 Å². The molecular weight excluding hydrogens is 502 g/mol. The molecule has 3 heterocycles. The first-order chi connectivity index (χ1) is 19.3. The Labute approximate surface area is 237 Å². The molecule has 1 aliphatic heterocycles. The predicted molar refractivity (Wildman–Crippen MR) is 158 cm³/mol. The number of aromatic nitrogens is 2. The minimum absolute atomic E-state index is 0.207. The van der Waals surface area contributed by atoms with E-state index in [-0.39, 0.29) is 19.2 Å². The van der Waals surface area contributed by atoms with Crippen molar-refractivity contribution < 1.29 is 14.7 Å². The molecule has 0 atom stereocenters. The first kappa shape index (κ1) is 28.1. The summed E-state index contributed by atoms with van der Waals surface area (Å²) < 4.78 is 7.72. The molecule has 1 aromatic carbocycles. The Morgan fingerprint density at radius 1 is 1.05 bits per heavy atom. The second kappa shape index (κ2) is 12.4. The van der Waals surface area contributed by atoms with Crippen molar-refractivity contribution in [3.63, 3.8) is 0 Å². The van der Waals surface area contributed by atoms with Crippen LogP contribution < -0.4 is 5.32 Å². The molecule has 0 spiro atoms. The van der Waals surface area contributed by atoms with Crippen molar-refractivity contribution in [1.82, 2.24) is 19.8 Å². The zero-order valence-electron chi connectivity index (χ0n) is 24.1. The number of nitrogens with zero attached hydrogens (tertiary/aromatic N) is 4. The average molecular weight is 546 g/mol. The summed E-state index contributed by atoms with van der Waals surface area (Å²) >= 11 is 0. The molecule has 8 nitrogen and oxygen atoms in total. The predicted octanol–water partition coefficient (Wildman–Crippen LogP) is 6.51. The number of pyridine rings is 1. The van der Waals surface area contributed by atoms with E-state index in [2.05, 4.69) is 40.7 Å². The lowest BCUT2D eigenvalue weighted by atomic mass is 9.71. The third-order valence-electron chi connectivity index (χ3n) is 9.01. The van der Waals surface area contributed by atoms with Crippen LogP contribution in [0.5, 0.6) is 0 Å². The van der Waals surface area contributed by atoms with E-state index in [9.17, 15) is 10.0 Å². The van der Waals surface area contributed by atoms with Gasteiger partial charge in [-0.3, -0.25) is 0 Å². The number of nitrogens with one attached hydrogen (secondary N) is 1. The summed E-state index contributed by atoms with van der Waals surface area (Å²) in [5.41, 5.74) is 3.84. The van der Waals surface area contributed by atoms with E-state index in [1.54, 1.807) is 6.20 Å². The van der Waals surface area contributed by atoms with Crippen molar-refractivity contribution in [3.8, 4) is 0 Å². The molecule has 1 saturated carbocycles. The zero-order valence-corrected chi connectivity index (χ0v) is 24.1. The molecule has 214 valence electrons. The van der Waals surface area contributed by atoms with Gasteiger partial charge < -0.3 is 24.7 Å². The maximum absolute atomic E-state index is 12.6. The van der Waals surface area contributed by atoms with E-state index in [4.69, 9.17) is 9.72 Å². The van der Waals surface area contributed by atoms with E-state index in [1.165, 1.54) is 31.9 Å².